The number of benzene rings is 2. The topological polar surface area (TPSA) is 50.8 Å². The van der Waals surface area contributed by atoms with E-state index in [1.807, 2.05) is 12.1 Å². The number of ether oxygens (including phenoxy) is 2. The molecule has 2 aromatic carbocycles. The van der Waals surface area contributed by atoms with Crippen LogP contribution in [0.15, 0.2) is 53.7 Å². The minimum Gasteiger partial charge on any atom is -0.495 e. The molecule has 0 radical (unpaired) electrons. The minimum absolute atomic E-state index is 0.166. The molecule has 0 saturated heterocycles. The number of halogens is 2. The monoisotopic (exact) mass is 418 g/mol. The summed E-state index contributed by atoms with van der Waals surface area (Å²) in [7, 11) is 1.54. The smallest absolute Gasteiger partial charge is 0.338 e. The van der Waals surface area contributed by atoms with Crippen LogP contribution < -0.4 is 15.0 Å². The van der Waals surface area contributed by atoms with Crippen LogP contribution in [0.4, 0.5) is 14.5 Å². The maximum Gasteiger partial charge on any atom is 0.338 e. The summed E-state index contributed by atoms with van der Waals surface area (Å²) in [6, 6.07) is 9.89. The Morgan fingerprint density at radius 3 is 2.59 bits per heavy atom. The first-order chi connectivity index (χ1) is 13.9. The Morgan fingerprint density at radius 2 is 1.93 bits per heavy atom. The van der Waals surface area contributed by atoms with Crippen LogP contribution in [-0.4, -0.2) is 24.8 Å². The highest BCUT2D eigenvalue weighted by Gasteiger charge is 2.36. The summed E-state index contributed by atoms with van der Waals surface area (Å²) in [4.78, 5) is 14.5. The van der Waals surface area contributed by atoms with Gasteiger partial charge in [0, 0.05) is 5.70 Å². The Labute approximate surface area is 172 Å². The van der Waals surface area contributed by atoms with Crippen molar-refractivity contribution in [2.45, 2.75) is 19.9 Å². The fourth-order valence-electron chi connectivity index (χ4n) is 3.26. The predicted octanol–water partition coefficient (Wildman–Crippen LogP) is 4.25. The van der Waals surface area contributed by atoms with Crippen molar-refractivity contribution in [2.24, 2.45) is 0 Å². The van der Waals surface area contributed by atoms with Gasteiger partial charge in [-0.25, -0.2) is 13.6 Å². The third-order valence-corrected chi connectivity index (χ3v) is 4.88. The van der Waals surface area contributed by atoms with Gasteiger partial charge in [0.15, 0.2) is 16.7 Å². The Kier molecular flexibility index (Phi) is 6.12. The molecule has 0 saturated carbocycles. The summed E-state index contributed by atoms with van der Waals surface area (Å²) in [5.41, 5.74) is 1.74. The number of hydrogen-bond donors (Lipinski definition) is 1. The molecule has 1 N–H and O–H groups in total. The molecule has 1 atom stereocenters. The van der Waals surface area contributed by atoms with Gasteiger partial charge in [-0.05, 0) is 55.9 Å². The maximum atomic E-state index is 13.9. The van der Waals surface area contributed by atoms with Crippen molar-refractivity contribution < 1.29 is 23.0 Å². The number of esters is 1. The Morgan fingerprint density at radius 1 is 1.21 bits per heavy atom. The van der Waals surface area contributed by atoms with Crippen molar-refractivity contribution in [3.8, 4) is 5.75 Å². The van der Waals surface area contributed by atoms with E-state index in [-0.39, 0.29) is 17.3 Å². The molecular formula is C21H20F2N2O3S. The highest BCUT2D eigenvalue weighted by Crippen LogP contribution is 2.38. The molecule has 0 aliphatic carbocycles. The number of carbonyl (C=O) groups excluding carboxylic acids is 1. The molecule has 0 spiro atoms. The van der Waals surface area contributed by atoms with E-state index < -0.39 is 23.6 Å². The molecule has 2 aromatic rings. The van der Waals surface area contributed by atoms with E-state index in [0.717, 1.165) is 12.1 Å². The van der Waals surface area contributed by atoms with E-state index in [0.29, 0.717) is 22.7 Å². The maximum absolute atomic E-state index is 13.9. The molecule has 152 valence electrons. The summed E-state index contributed by atoms with van der Waals surface area (Å²) in [6.45, 7) is 3.58. The van der Waals surface area contributed by atoms with Crippen molar-refractivity contribution in [3.63, 3.8) is 0 Å². The molecule has 0 aromatic heterocycles. The number of carbonyl (C=O) groups is 1. The molecule has 5 nitrogen and oxygen atoms in total. The summed E-state index contributed by atoms with van der Waals surface area (Å²) >= 11 is 5.54. The third kappa shape index (κ3) is 3.93. The molecule has 0 amide bonds. The first-order valence-electron chi connectivity index (χ1n) is 8.95. The van der Waals surface area contributed by atoms with Gasteiger partial charge < -0.3 is 14.8 Å². The molecule has 1 aliphatic heterocycles. The lowest BCUT2D eigenvalue weighted by Crippen LogP contribution is -2.48. The van der Waals surface area contributed by atoms with Crippen LogP contribution in [0.5, 0.6) is 5.75 Å². The van der Waals surface area contributed by atoms with Crippen molar-refractivity contribution in [3.05, 3.63) is 70.9 Å². The number of rotatable bonds is 5. The van der Waals surface area contributed by atoms with Gasteiger partial charge in [-0.3, -0.25) is 4.90 Å². The lowest BCUT2D eigenvalue weighted by Gasteiger charge is -2.38. The van der Waals surface area contributed by atoms with Crippen molar-refractivity contribution in [1.82, 2.24) is 5.32 Å². The van der Waals surface area contributed by atoms with Crippen LogP contribution in [0.3, 0.4) is 0 Å². The van der Waals surface area contributed by atoms with Crippen LogP contribution in [0, 0.1) is 11.6 Å². The molecule has 0 bridgehead atoms. The first-order valence-corrected chi connectivity index (χ1v) is 9.36. The fraction of sp³-hybridized carbons (Fsp3) is 0.238. The van der Waals surface area contributed by atoms with Crippen molar-refractivity contribution in [2.75, 3.05) is 18.6 Å². The molecule has 1 aliphatic rings. The highest BCUT2D eigenvalue weighted by molar-refractivity contribution is 7.80. The van der Waals surface area contributed by atoms with E-state index >= 15 is 0 Å². The Balaban J connectivity index is 2.17. The van der Waals surface area contributed by atoms with E-state index in [1.165, 1.54) is 13.2 Å². The number of para-hydroxylation sites is 2. The van der Waals surface area contributed by atoms with E-state index in [4.69, 9.17) is 21.7 Å². The van der Waals surface area contributed by atoms with Gasteiger partial charge in [-0.15, -0.1) is 0 Å². The van der Waals surface area contributed by atoms with Crippen LogP contribution >= 0.6 is 12.2 Å². The van der Waals surface area contributed by atoms with Crippen molar-refractivity contribution >= 4 is 29.0 Å². The number of nitrogens with one attached hydrogen (secondary N) is 1. The second kappa shape index (κ2) is 8.57. The Hall–Kier alpha value is -3.00. The minimum atomic E-state index is -1.01. The van der Waals surface area contributed by atoms with Gasteiger partial charge in [-0.2, -0.15) is 0 Å². The molecule has 3 rings (SSSR count). The lowest BCUT2D eigenvalue weighted by atomic mass is 9.94. The second-order valence-corrected chi connectivity index (χ2v) is 6.67. The molecule has 0 fully saturated rings. The number of anilines is 1. The standard InChI is InChI=1S/C21H20F2N2O3S/c1-4-28-20(26)18-12(2)25(16-7-5-6-8-17(16)27-3)21(29)24-19(18)13-9-10-14(22)15(23)11-13/h5-11,19H,4H2,1-3H3,(H,24,29)/t19-/m1/s1. The number of methoxy groups -OCH3 is 1. The number of thiocarbonyl (C=S) groups is 1. The van der Waals surface area contributed by atoms with Gasteiger partial charge in [0.05, 0.1) is 31.0 Å². The summed E-state index contributed by atoms with van der Waals surface area (Å²) in [6.07, 6.45) is 0. The largest absolute Gasteiger partial charge is 0.495 e. The Bertz CT molecular complexity index is 994. The van der Waals surface area contributed by atoms with Gasteiger partial charge in [0.2, 0.25) is 0 Å². The summed E-state index contributed by atoms with van der Waals surface area (Å²) in [5.74, 6) is -2.00. The number of allylic oxidation sites excluding steroid dienone is 1. The number of hydrogen-bond acceptors (Lipinski definition) is 4. The lowest BCUT2D eigenvalue weighted by molar-refractivity contribution is -0.139. The van der Waals surface area contributed by atoms with Crippen molar-refractivity contribution in [1.29, 1.82) is 0 Å². The highest BCUT2D eigenvalue weighted by atomic mass is 32.1. The zero-order valence-corrected chi connectivity index (χ0v) is 17.0. The van der Waals surface area contributed by atoms with E-state index in [2.05, 4.69) is 5.32 Å². The fourth-order valence-corrected chi connectivity index (χ4v) is 3.62. The van der Waals surface area contributed by atoms with Gasteiger partial charge in [-0.1, -0.05) is 18.2 Å². The van der Waals surface area contributed by atoms with Crippen LogP contribution in [0.2, 0.25) is 0 Å². The molecule has 29 heavy (non-hydrogen) atoms. The normalized spacial score (nSPS) is 16.5. The SMILES string of the molecule is CCOC(=O)C1=C(C)N(c2ccccc2OC)C(=S)N[C@@H]1c1ccc(F)c(F)c1. The van der Waals surface area contributed by atoms with E-state index in [9.17, 15) is 13.6 Å². The van der Waals surface area contributed by atoms with Crippen LogP contribution in [0.1, 0.15) is 25.5 Å². The zero-order chi connectivity index (χ0) is 21.1. The van der Waals surface area contributed by atoms with Gasteiger partial charge >= 0.3 is 5.97 Å². The average molecular weight is 418 g/mol. The average Bonchev–Trinajstić information content (AvgIpc) is 2.70. The molecule has 8 heteroatoms. The first kappa shape index (κ1) is 20.7. The second-order valence-electron chi connectivity index (χ2n) is 6.28. The van der Waals surface area contributed by atoms with Crippen LogP contribution in [0.25, 0.3) is 0 Å². The predicted molar refractivity (Wildman–Crippen MR) is 110 cm³/mol. The van der Waals surface area contributed by atoms with Gasteiger partial charge in [0.25, 0.3) is 0 Å². The number of nitrogens with zero attached hydrogens (tertiary/aromatic N) is 1. The quantitative estimate of drug-likeness (QED) is 0.579. The molecule has 0 unspecified atom stereocenters. The molecular weight excluding hydrogens is 398 g/mol. The van der Waals surface area contributed by atoms with Crippen LogP contribution in [-0.2, 0) is 9.53 Å². The molecule has 1 heterocycles. The van der Waals surface area contributed by atoms with E-state index in [1.54, 1.807) is 30.9 Å². The zero-order valence-electron chi connectivity index (χ0n) is 16.2. The summed E-state index contributed by atoms with van der Waals surface area (Å²) in [5, 5.41) is 3.34. The third-order valence-electron chi connectivity index (χ3n) is 4.58. The summed E-state index contributed by atoms with van der Waals surface area (Å²) < 4.78 is 37.9. The van der Waals surface area contributed by atoms with Gasteiger partial charge in [0.1, 0.15) is 5.75 Å².